The van der Waals surface area contributed by atoms with E-state index in [2.05, 4.69) is 9.71 Å². The molecule has 0 saturated heterocycles. The van der Waals surface area contributed by atoms with E-state index in [1.807, 2.05) is 23.6 Å². The summed E-state index contributed by atoms with van der Waals surface area (Å²) in [5.41, 5.74) is 1.47. The number of aromatic nitrogens is 1. The summed E-state index contributed by atoms with van der Waals surface area (Å²) >= 11 is 1.35. The van der Waals surface area contributed by atoms with E-state index >= 15 is 0 Å². The highest BCUT2D eigenvalue weighted by atomic mass is 32.2. The van der Waals surface area contributed by atoms with Crippen molar-refractivity contribution in [3.63, 3.8) is 0 Å². The second kappa shape index (κ2) is 12.3. The highest BCUT2D eigenvalue weighted by molar-refractivity contribution is 7.92. The molecule has 0 saturated carbocycles. The van der Waals surface area contributed by atoms with Crippen LogP contribution in [-0.2, 0) is 21.3 Å². The summed E-state index contributed by atoms with van der Waals surface area (Å²) in [7, 11) is 0.826. The number of benzene rings is 3. The molecule has 4 aromatic rings. The number of carbonyl (C=O) groups is 1. The molecule has 0 radical (unpaired) electrons. The number of ether oxygens (including phenoxy) is 4. The number of nitrogens with one attached hydrogen (secondary N) is 1. The highest BCUT2D eigenvalue weighted by Gasteiger charge is 2.16. The van der Waals surface area contributed by atoms with E-state index in [1.54, 1.807) is 26.4 Å². The van der Waals surface area contributed by atoms with Crippen LogP contribution in [-0.4, -0.2) is 53.4 Å². The summed E-state index contributed by atoms with van der Waals surface area (Å²) in [4.78, 5) is 18.1. The average molecular weight is 572 g/mol. The maximum atomic E-state index is 13.1. The fourth-order valence-electron chi connectivity index (χ4n) is 3.80. The number of rotatable bonds is 11. The van der Waals surface area contributed by atoms with Gasteiger partial charge in [0.05, 0.1) is 43.0 Å². The summed E-state index contributed by atoms with van der Waals surface area (Å²) in [6.45, 7) is 3.42. The summed E-state index contributed by atoms with van der Waals surface area (Å²) < 4.78 is 52.2. The smallest absolute Gasteiger partial charge is 0.279 e. The van der Waals surface area contributed by atoms with Gasteiger partial charge in [0.1, 0.15) is 5.75 Å². The first-order valence-electron chi connectivity index (χ1n) is 12.0. The van der Waals surface area contributed by atoms with Gasteiger partial charge in [-0.2, -0.15) is 4.99 Å². The molecule has 1 heterocycles. The number of anilines is 1. The molecule has 12 heteroatoms. The predicted octanol–water partition coefficient (Wildman–Crippen LogP) is 4.31. The zero-order valence-corrected chi connectivity index (χ0v) is 23.6. The van der Waals surface area contributed by atoms with Crippen molar-refractivity contribution in [1.82, 2.24) is 4.57 Å². The SMILES string of the molecule is CCOCCn1c(=NC(=O)c2ccc(NS(=O)(=O)c3ccc(OC)cc3)cc2)sc2cc(OC)c(OC)cc21. The van der Waals surface area contributed by atoms with E-state index in [4.69, 9.17) is 18.9 Å². The van der Waals surface area contributed by atoms with Crippen LogP contribution in [0.2, 0.25) is 0 Å². The van der Waals surface area contributed by atoms with Gasteiger partial charge in [0, 0.05) is 36.5 Å². The number of carbonyl (C=O) groups excluding carboxylic acids is 1. The molecule has 0 aliphatic carbocycles. The number of fused-ring (bicyclic) bond motifs is 1. The third-order valence-corrected chi connectivity index (χ3v) is 8.24. The Morgan fingerprint density at radius 1 is 0.949 bits per heavy atom. The molecule has 3 aromatic carbocycles. The van der Waals surface area contributed by atoms with Crippen LogP contribution in [0, 0.1) is 0 Å². The van der Waals surface area contributed by atoms with Crippen molar-refractivity contribution < 1.29 is 32.2 Å². The monoisotopic (exact) mass is 571 g/mol. The summed E-state index contributed by atoms with van der Waals surface area (Å²) in [5.74, 6) is 1.24. The van der Waals surface area contributed by atoms with Crippen LogP contribution in [0.4, 0.5) is 5.69 Å². The Balaban J connectivity index is 1.62. The van der Waals surface area contributed by atoms with E-state index < -0.39 is 15.9 Å². The molecule has 0 unspecified atom stereocenters. The van der Waals surface area contributed by atoms with Gasteiger partial charge in [-0.1, -0.05) is 11.3 Å². The molecule has 39 heavy (non-hydrogen) atoms. The van der Waals surface area contributed by atoms with E-state index in [0.29, 0.717) is 53.1 Å². The van der Waals surface area contributed by atoms with E-state index in [9.17, 15) is 13.2 Å². The van der Waals surface area contributed by atoms with Gasteiger partial charge in [-0.05, 0) is 55.5 Å². The first kappa shape index (κ1) is 28.1. The molecule has 0 spiro atoms. The Kier molecular flexibility index (Phi) is 8.90. The summed E-state index contributed by atoms with van der Waals surface area (Å²) in [6.07, 6.45) is 0. The van der Waals surface area contributed by atoms with Crippen LogP contribution < -0.4 is 23.7 Å². The van der Waals surface area contributed by atoms with Gasteiger partial charge < -0.3 is 23.5 Å². The van der Waals surface area contributed by atoms with Crippen LogP contribution in [0.1, 0.15) is 17.3 Å². The molecular weight excluding hydrogens is 542 g/mol. The van der Waals surface area contributed by atoms with Crippen LogP contribution in [0.3, 0.4) is 0 Å². The van der Waals surface area contributed by atoms with Crippen molar-refractivity contribution in [3.8, 4) is 17.2 Å². The largest absolute Gasteiger partial charge is 0.497 e. The lowest BCUT2D eigenvalue weighted by atomic mass is 10.2. The van der Waals surface area contributed by atoms with Gasteiger partial charge in [0.15, 0.2) is 16.3 Å². The molecule has 1 aromatic heterocycles. The van der Waals surface area contributed by atoms with E-state index in [-0.39, 0.29) is 4.90 Å². The maximum Gasteiger partial charge on any atom is 0.279 e. The van der Waals surface area contributed by atoms with Gasteiger partial charge in [0.2, 0.25) is 0 Å². The Morgan fingerprint density at radius 2 is 1.62 bits per heavy atom. The zero-order valence-electron chi connectivity index (χ0n) is 22.0. The van der Waals surface area contributed by atoms with Crippen LogP contribution in [0.5, 0.6) is 17.2 Å². The van der Waals surface area contributed by atoms with Crippen molar-refractivity contribution in [2.75, 3.05) is 39.3 Å². The lowest BCUT2D eigenvalue weighted by Crippen LogP contribution is -2.19. The van der Waals surface area contributed by atoms with Gasteiger partial charge in [-0.15, -0.1) is 0 Å². The second-order valence-electron chi connectivity index (χ2n) is 8.18. The predicted molar refractivity (Wildman–Crippen MR) is 150 cm³/mol. The maximum absolute atomic E-state index is 13.1. The molecule has 4 rings (SSSR count). The number of amides is 1. The van der Waals surface area contributed by atoms with Crippen molar-refractivity contribution in [2.24, 2.45) is 4.99 Å². The van der Waals surface area contributed by atoms with E-state index in [1.165, 1.54) is 54.8 Å². The normalized spacial score (nSPS) is 11.9. The molecule has 1 amide bonds. The Hall–Kier alpha value is -3.87. The van der Waals surface area contributed by atoms with Gasteiger partial charge in [-0.3, -0.25) is 9.52 Å². The van der Waals surface area contributed by atoms with Crippen molar-refractivity contribution in [2.45, 2.75) is 18.4 Å². The number of hydrogen-bond donors (Lipinski definition) is 1. The second-order valence-corrected chi connectivity index (χ2v) is 10.9. The highest BCUT2D eigenvalue weighted by Crippen LogP contribution is 2.33. The minimum Gasteiger partial charge on any atom is -0.497 e. The Bertz CT molecular complexity index is 1630. The molecule has 0 bridgehead atoms. The van der Waals surface area contributed by atoms with Crippen LogP contribution >= 0.6 is 11.3 Å². The molecule has 1 N–H and O–H groups in total. The molecule has 206 valence electrons. The third-order valence-electron chi connectivity index (χ3n) is 5.80. The number of methoxy groups -OCH3 is 3. The first-order chi connectivity index (χ1) is 18.8. The molecular formula is C27H29N3O7S2. The number of thiazole rings is 1. The summed E-state index contributed by atoms with van der Waals surface area (Å²) in [6, 6.07) is 15.8. The van der Waals surface area contributed by atoms with Crippen molar-refractivity contribution >= 4 is 43.2 Å². The fraction of sp³-hybridized carbons (Fsp3) is 0.259. The van der Waals surface area contributed by atoms with Gasteiger partial charge in [-0.25, -0.2) is 8.42 Å². The Morgan fingerprint density at radius 3 is 2.23 bits per heavy atom. The number of nitrogens with zero attached hydrogens (tertiary/aromatic N) is 2. The average Bonchev–Trinajstić information content (AvgIpc) is 3.28. The first-order valence-corrected chi connectivity index (χ1v) is 14.3. The van der Waals surface area contributed by atoms with Crippen LogP contribution in [0.25, 0.3) is 10.2 Å². The lowest BCUT2D eigenvalue weighted by Gasteiger charge is -2.10. The number of hydrogen-bond acceptors (Lipinski definition) is 8. The molecule has 0 aliphatic rings. The third kappa shape index (κ3) is 6.41. The molecule has 10 nitrogen and oxygen atoms in total. The van der Waals surface area contributed by atoms with Crippen LogP contribution in [0.15, 0.2) is 70.6 Å². The number of sulfonamides is 1. The van der Waals surface area contributed by atoms with Gasteiger partial charge in [0.25, 0.3) is 15.9 Å². The van der Waals surface area contributed by atoms with Crippen molar-refractivity contribution in [3.05, 3.63) is 71.0 Å². The summed E-state index contributed by atoms with van der Waals surface area (Å²) in [5, 5.41) is 0. The fourth-order valence-corrected chi connectivity index (χ4v) is 5.92. The topological polar surface area (TPSA) is 117 Å². The standard InChI is InChI=1S/C27H29N3O7S2/c1-5-37-15-14-30-22-16-23(35-3)24(36-4)17-25(22)38-27(30)28-26(31)18-6-8-19(9-7-18)29-39(32,33)21-12-10-20(34-2)11-13-21/h6-13,16-17,29H,5,14-15H2,1-4H3. The zero-order chi connectivity index (χ0) is 28.0. The molecule has 0 aliphatic heterocycles. The Labute approximate surface area is 230 Å². The van der Waals surface area contributed by atoms with Crippen molar-refractivity contribution in [1.29, 1.82) is 0 Å². The minimum atomic E-state index is -3.81. The lowest BCUT2D eigenvalue weighted by molar-refractivity contribution is 0.0996. The van der Waals surface area contributed by atoms with E-state index in [0.717, 1.165) is 10.2 Å². The quantitative estimate of drug-likeness (QED) is 0.267. The molecule has 0 fully saturated rings. The minimum absolute atomic E-state index is 0.0908. The molecule has 0 atom stereocenters. The van der Waals surface area contributed by atoms with Gasteiger partial charge >= 0.3 is 0 Å².